The predicted molar refractivity (Wildman–Crippen MR) is 240 cm³/mol. The van der Waals surface area contributed by atoms with Crippen molar-refractivity contribution in [1.29, 1.82) is 0 Å². The molecule has 0 aliphatic heterocycles. The summed E-state index contributed by atoms with van der Waals surface area (Å²) in [7, 11) is 0. The molecule has 0 rings (SSSR count). The van der Waals surface area contributed by atoms with E-state index in [0.29, 0.717) is 12.8 Å². The Morgan fingerprint density at radius 2 is 1.00 bits per heavy atom. The van der Waals surface area contributed by atoms with Crippen molar-refractivity contribution in [1.82, 2.24) is 10.6 Å². The van der Waals surface area contributed by atoms with Crippen molar-refractivity contribution in [3.05, 3.63) is 60.8 Å². The van der Waals surface area contributed by atoms with Crippen LogP contribution in [0.1, 0.15) is 200 Å². The van der Waals surface area contributed by atoms with Gasteiger partial charge in [0.05, 0.1) is 13.2 Å². The highest BCUT2D eigenvalue weighted by Crippen LogP contribution is 2.18. The van der Waals surface area contributed by atoms with Crippen molar-refractivity contribution in [2.45, 2.75) is 212 Å². The number of allylic oxidation sites excluding steroid dienone is 10. The number of carboxylic acids is 1. The molecular formula is C49H84N2O7. The number of carbonyl (C=O) groups excluding carboxylic acids is 3. The van der Waals surface area contributed by atoms with Crippen LogP contribution >= 0.6 is 0 Å². The lowest BCUT2D eigenvalue weighted by Gasteiger charge is -2.18. The van der Waals surface area contributed by atoms with Gasteiger partial charge in [-0.05, 0) is 96.3 Å². The number of hydrogen-bond acceptors (Lipinski definition) is 6. The van der Waals surface area contributed by atoms with E-state index in [2.05, 4.69) is 85.2 Å². The molecule has 4 N–H and O–H groups in total. The van der Waals surface area contributed by atoms with Gasteiger partial charge in [-0.15, -0.1) is 0 Å². The lowest BCUT2D eigenvalue weighted by Crippen LogP contribution is -2.47. The highest BCUT2D eigenvalue weighted by molar-refractivity contribution is 5.87. The summed E-state index contributed by atoms with van der Waals surface area (Å²) in [5.74, 6) is -2.34. The topological polar surface area (TPSA) is 142 Å². The number of aliphatic hydroxyl groups is 1. The largest absolute Gasteiger partial charge is 0.480 e. The lowest BCUT2D eigenvalue weighted by molar-refractivity contribution is -0.150. The van der Waals surface area contributed by atoms with Gasteiger partial charge in [-0.2, -0.15) is 0 Å². The van der Waals surface area contributed by atoms with E-state index >= 15 is 0 Å². The lowest BCUT2D eigenvalue weighted by atomic mass is 10.0. The first-order chi connectivity index (χ1) is 28.3. The summed E-state index contributed by atoms with van der Waals surface area (Å²) >= 11 is 0. The predicted octanol–water partition coefficient (Wildman–Crippen LogP) is 11.7. The molecule has 332 valence electrons. The Morgan fingerprint density at radius 1 is 0.534 bits per heavy atom. The van der Waals surface area contributed by atoms with Crippen LogP contribution < -0.4 is 10.6 Å². The first kappa shape index (κ1) is 54.5. The second-order valence-electron chi connectivity index (χ2n) is 15.5. The molecule has 0 radical (unpaired) electrons. The Balaban J connectivity index is 4.41. The third kappa shape index (κ3) is 39.4. The summed E-state index contributed by atoms with van der Waals surface area (Å²) in [6.45, 7) is 3.36. The average Bonchev–Trinajstić information content (AvgIpc) is 3.21. The zero-order valence-electron chi connectivity index (χ0n) is 36.8. The van der Waals surface area contributed by atoms with Crippen LogP contribution in [0.15, 0.2) is 60.8 Å². The molecule has 0 spiro atoms. The molecule has 0 bridgehead atoms. The molecule has 0 aromatic carbocycles. The highest BCUT2D eigenvalue weighted by atomic mass is 16.5. The molecule has 0 aromatic rings. The summed E-state index contributed by atoms with van der Waals surface area (Å²) in [5, 5.41) is 22.6. The third-order valence-corrected chi connectivity index (χ3v) is 10.00. The summed E-state index contributed by atoms with van der Waals surface area (Å²) in [6, 6.07) is -1.39. The molecule has 2 atom stereocenters. The fraction of sp³-hybridized carbons (Fsp3) is 0.714. The zero-order valence-corrected chi connectivity index (χ0v) is 36.8. The Kier molecular flexibility index (Phi) is 40.6. The smallest absolute Gasteiger partial charge is 0.328 e. The molecule has 58 heavy (non-hydrogen) atoms. The Labute approximate surface area is 353 Å². The molecule has 2 unspecified atom stereocenters. The van der Waals surface area contributed by atoms with Crippen molar-refractivity contribution in [2.75, 3.05) is 13.2 Å². The van der Waals surface area contributed by atoms with Crippen LogP contribution in [0.3, 0.4) is 0 Å². The zero-order chi connectivity index (χ0) is 42.6. The number of esters is 1. The molecule has 0 saturated heterocycles. The second kappa shape index (κ2) is 43.1. The van der Waals surface area contributed by atoms with Gasteiger partial charge < -0.3 is 25.6 Å². The minimum absolute atomic E-state index is 0.0600. The number of ether oxygens (including phenoxy) is 1. The molecule has 9 heteroatoms. The van der Waals surface area contributed by atoms with Crippen molar-refractivity contribution in [3.63, 3.8) is 0 Å². The number of hydrogen-bond donors (Lipinski definition) is 4. The van der Waals surface area contributed by atoms with Gasteiger partial charge in [-0.25, -0.2) is 4.79 Å². The van der Waals surface area contributed by atoms with Gasteiger partial charge in [-0.3, -0.25) is 14.4 Å². The van der Waals surface area contributed by atoms with E-state index in [1.807, 2.05) is 0 Å². The molecular weight excluding hydrogens is 729 g/mol. The van der Waals surface area contributed by atoms with Crippen LogP contribution in [0.5, 0.6) is 0 Å². The number of aliphatic carboxylic acids is 1. The number of unbranched alkanes of at least 4 members (excludes halogenated alkanes) is 17. The van der Waals surface area contributed by atoms with E-state index in [9.17, 15) is 19.2 Å². The molecule has 2 amide bonds. The van der Waals surface area contributed by atoms with Gasteiger partial charge in [0, 0.05) is 12.8 Å². The molecule has 0 heterocycles. The molecule has 0 saturated carbocycles. The fourth-order valence-electron chi connectivity index (χ4n) is 6.47. The number of aliphatic hydroxyl groups excluding tert-OH is 1. The molecule has 0 fully saturated rings. The molecule has 9 nitrogen and oxygen atoms in total. The number of carbonyl (C=O) groups is 4. The standard InChI is InChI=1S/C49H84N2O7/c1-3-5-7-9-11-13-15-17-18-19-20-22-24-26-28-33-37-41-48(55)58-44(38-34-30-27-25-23-21-16-14-12-10-8-6-4-2)39-35-31-29-32-36-40-46(53)50-42-47(54)51-45(43-52)49(56)57/h5,7,11,13,17-18,20,22,25,27,44-45,52H,3-4,6,8-10,12,14-16,19,21,23-24,26,28-43H2,1-2H3,(H,50,53)(H,51,54)(H,56,57)/b7-5-,13-11-,18-17-,22-20-,27-25-. The van der Waals surface area contributed by atoms with Gasteiger partial charge in [0.1, 0.15) is 12.1 Å². The van der Waals surface area contributed by atoms with Crippen molar-refractivity contribution >= 4 is 23.8 Å². The van der Waals surface area contributed by atoms with E-state index in [0.717, 1.165) is 116 Å². The molecule has 0 aliphatic rings. The summed E-state index contributed by atoms with van der Waals surface area (Å²) < 4.78 is 6.02. The summed E-state index contributed by atoms with van der Waals surface area (Å²) in [4.78, 5) is 47.7. The van der Waals surface area contributed by atoms with Crippen LogP contribution in [-0.4, -0.2) is 59.3 Å². The molecule has 0 aliphatic carbocycles. The third-order valence-electron chi connectivity index (χ3n) is 10.00. The fourth-order valence-corrected chi connectivity index (χ4v) is 6.47. The van der Waals surface area contributed by atoms with Crippen LogP contribution in [-0.2, 0) is 23.9 Å². The first-order valence-electron chi connectivity index (χ1n) is 23.2. The highest BCUT2D eigenvalue weighted by Gasteiger charge is 2.19. The maximum Gasteiger partial charge on any atom is 0.328 e. The van der Waals surface area contributed by atoms with Crippen molar-refractivity contribution in [3.8, 4) is 0 Å². The second-order valence-corrected chi connectivity index (χ2v) is 15.5. The summed E-state index contributed by atoms with van der Waals surface area (Å²) in [5.41, 5.74) is 0. The Morgan fingerprint density at radius 3 is 1.57 bits per heavy atom. The van der Waals surface area contributed by atoms with Crippen molar-refractivity contribution in [2.24, 2.45) is 0 Å². The van der Waals surface area contributed by atoms with Gasteiger partial charge in [0.2, 0.25) is 11.8 Å². The SMILES string of the molecule is CC/C=C\C/C=C\C/C=C\C/C=C\CCCCCCC(=O)OC(CCC/C=C\CCCCCCCCCC)CCCCCCCC(=O)NCC(=O)NC(CO)C(=O)O. The van der Waals surface area contributed by atoms with Gasteiger partial charge in [0.25, 0.3) is 0 Å². The Hall–Kier alpha value is -3.46. The van der Waals surface area contributed by atoms with Crippen LogP contribution in [0.2, 0.25) is 0 Å². The number of nitrogens with one attached hydrogen (secondary N) is 2. The number of carboxylic acid groups (broad SMARTS) is 1. The average molecular weight is 813 g/mol. The van der Waals surface area contributed by atoms with Gasteiger partial charge in [-0.1, -0.05) is 152 Å². The molecule has 0 aromatic heterocycles. The van der Waals surface area contributed by atoms with E-state index in [1.54, 1.807) is 0 Å². The van der Waals surface area contributed by atoms with Gasteiger partial charge in [0.15, 0.2) is 0 Å². The monoisotopic (exact) mass is 813 g/mol. The number of rotatable bonds is 41. The Bertz CT molecular complexity index is 1160. The number of amides is 2. The van der Waals surface area contributed by atoms with Crippen LogP contribution in [0.4, 0.5) is 0 Å². The normalized spacial score (nSPS) is 13.0. The van der Waals surface area contributed by atoms with E-state index in [4.69, 9.17) is 14.9 Å². The van der Waals surface area contributed by atoms with E-state index in [-0.39, 0.29) is 30.9 Å². The van der Waals surface area contributed by atoms with E-state index < -0.39 is 24.5 Å². The van der Waals surface area contributed by atoms with Gasteiger partial charge >= 0.3 is 11.9 Å². The van der Waals surface area contributed by atoms with Crippen LogP contribution in [0.25, 0.3) is 0 Å². The van der Waals surface area contributed by atoms with Crippen LogP contribution in [0, 0.1) is 0 Å². The minimum Gasteiger partial charge on any atom is -0.480 e. The van der Waals surface area contributed by atoms with Crippen molar-refractivity contribution < 1.29 is 34.1 Å². The minimum atomic E-state index is -1.39. The quantitative estimate of drug-likeness (QED) is 0.0273. The summed E-state index contributed by atoms with van der Waals surface area (Å²) in [6.07, 6.45) is 52.5. The first-order valence-corrected chi connectivity index (χ1v) is 23.2. The maximum atomic E-state index is 12.8. The maximum absolute atomic E-state index is 12.8. The van der Waals surface area contributed by atoms with E-state index in [1.165, 1.54) is 51.4 Å².